The van der Waals surface area contributed by atoms with Gasteiger partial charge in [-0.1, -0.05) is 114 Å². The second-order valence-electron chi connectivity index (χ2n) is 12.5. The number of carbonyl (C=O) groups is 1. The molecule has 1 amide bonds. The Morgan fingerprint density at radius 1 is 0.857 bits per heavy atom. The zero-order valence-electron chi connectivity index (χ0n) is 27.4. The van der Waals surface area contributed by atoms with E-state index < -0.39 is 5.60 Å². The number of rotatable bonds is 14. The first-order chi connectivity index (χ1) is 24.0. The van der Waals surface area contributed by atoms with Gasteiger partial charge >= 0.3 is 0 Å². The van der Waals surface area contributed by atoms with Crippen LogP contribution in [0.25, 0.3) is 0 Å². The van der Waals surface area contributed by atoms with Crippen molar-refractivity contribution in [3.8, 4) is 11.8 Å². The van der Waals surface area contributed by atoms with E-state index in [9.17, 15) is 4.79 Å². The molecular formula is C40H40ClN5O3. The molecule has 250 valence electrons. The highest BCUT2D eigenvalue weighted by Gasteiger charge is 2.39. The molecule has 1 heterocycles. The van der Waals surface area contributed by atoms with Crippen molar-refractivity contribution in [2.45, 2.75) is 75.5 Å². The van der Waals surface area contributed by atoms with Crippen LogP contribution in [0.2, 0.25) is 5.02 Å². The molecule has 0 unspecified atom stereocenters. The molecule has 49 heavy (non-hydrogen) atoms. The van der Waals surface area contributed by atoms with E-state index >= 15 is 0 Å². The van der Waals surface area contributed by atoms with Gasteiger partial charge in [-0.15, -0.1) is 5.10 Å². The van der Waals surface area contributed by atoms with E-state index in [4.69, 9.17) is 26.4 Å². The lowest BCUT2D eigenvalue weighted by atomic mass is 9.80. The minimum atomic E-state index is -1.00. The first kappa shape index (κ1) is 33.9. The fourth-order valence-corrected chi connectivity index (χ4v) is 6.75. The Balaban J connectivity index is 0.959. The molecule has 1 aliphatic rings. The summed E-state index contributed by atoms with van der Waals surface area (Å²) >= 11 is 6.16. The average molecular weight is 674 g/mol. The van der Waals surface area contributed by atoms with Crippen molar-refractivity contribution in [2.24, 2.45) is 0 Å². The molecule has 0 saturated heterocycles. The Labute approximate surface area is 292 Å². The Kier molecular flexibility index (Phi) is 11.4. The smallest absolute Gasteiger partial charge is 0.243 e. The number of carbonyl (C=O) groups excluding carboxylic acids is 1. The van der Waals surface area contributed by atoms with Crippen molar-refractivity contribution in [2.75, 3.05) is 0 Å². The third kappa shape index (κ3) is 8.37. The lowest BCUT2D eigenvalue weighted by Crippen LogP contribution is -2.40. The van der Waals surface area contributed by atoms with Crippen molar-refractivity contribution in [3.63, 3.8) is 0 Å². The van der Waals surface area contributed by atoms with E-state index in [-0.39, 0.29) is 12.0 Å². The van der Waals surface area contributed by atoms with Crippen molar-refractivity contribution in [1.82, 2.24) is 20.5 Å². The molecule has 0 aliphatic heterocycles. The fraction of sp³-hybridized carbons (Fsp3) is 0.300. The number of ether oxygens (including phenoxy) is 1. The van der Waals surface area contributed by atoms with Crippen LogP contribution in [-0.4, -0.2) is 27.0 Å². The number of halogens is 1. The lowest BCUT2D eigenvalue weighted by Gasteiger charge is -2.35. The molecule has 6 rings (SSSR count). The maximum absolute atomic E-state index is 13.1. The molecule has 0 bridgehead atoms. The summed E-state index contributed by atoms with van der Waals surface area (Å²) in [5, 5.41) is 18.3. The summed E-state index contributed by atoms with van der Waals surface area (Å²) in [5.74, 6) is 0.542. The summed E-state index contributed by atoms with van der Waals surface area (Å²) in [6, 6.07) is 37.6. The molecule has 0 spiro atoms. The van der Waals surface area contributed by atoms with Crippen LogP contribution in [0.15, 0.2) is 115 Å². The van der Waals surface area contributed by atoms with Crippen LogP contribution in [0.5, 0.6) is 5.75 Å². The summed E-state index contributed by atoms with van der Waals surface area (Å²) in [7, 11) is 0. The van der Waals surface area contributed by atoms with E-state index in [1.807, 2.05) is 95.7 Å². The predicted octanol–water partition coefficient (Wildman–Crippen LogP) is 8.51. The summed E-state index contributed by atoms with van der Waals surface area (Å²) in [6.07, 6.45) is 9.62. The topological polar surface area (TPSA) is 102 Å². The molecule has 5 aromatic rings. The second kappa shape index (κ2) is 16.4. The SMILES string of the molecule is N#Cc1ccc(OC2CCC(n3cc(CCCCCC(=O)NOC(c4ccccc4)(c4ccccc4)c4ccccc4)nn3)CC2)cc1Cl. The van der Waals surface area contributed by atoms with Gasteiger partial charge in [0.15, 0.2) is 5.60 Å². The number of unbranched alkanes of at least 4 members (excludes halogenated alkanes) is 2. The number of nitrogens with zero attached hydrogens (tertiary/aromatic N) is 4. The Morgan fingerprint density at radius 2 is 1.47 bits per heavy atom. The van der Waals surface area contributed by atoms with Crippen LogP contribution < -0.4 is 10.2 Å². The molecule has 8 nitrogen and oxygen atoms in total. The Morgan fingerprint density at radius 3 is 2.04 bits per heavy atom. The van der Waals surface area contributed by atoms with Crippen LogP contribution in [-0.2, 0) is 21.7 Å². The van der Waals surface area contributed by atoms with Gasteiger partial charge in [0, 0.05) is 18.7 Å². The van der Waals surface area contributed by atoms with Gasteiger partial charge in [-0.25, -0.2) is 10.2 Å². The third-order valence-electron chi connectivity index (χ3n) is 9.14. The molecular weight excluding hydrogens is 634 g/mol. The van der Waals surface area contributed by atoms with Gasteiger partial charge in [-0.2, -0.15) is 5.26 Å². The van der Waals surface area contributed by atoms with Gasteiger partial charge in [0.05, 0.1) is 28.4 Å². The van der Waals surface area contributed by atoms with E-state index in [0.717, 1.165) is 73.8 Å². The minimum Gasteiger partial charge on any atom is -0.490 e. The van der Waals surface area contributed by atoms with Gasteiger partial charge in [-0.05, 0) is 73.8 Å². The molecule has 1 fully saturated rings. The van der Waals surface area contributed by atoms with Crippen molar-refractivity contribution < 1.29 is 14.4 Å². The number of hydroxylamine groups is 1. The summed E-state index contributed by atoms with van der Waals surface area (Å²) < 4.78 is 8.13. The number of amides is 1. The monoisotopic (exact) mass is 673 g/mol. The van der Waals surface area contributed by atoms with Crippen molar-refractivity contribution >= 4 is 17.5 Å². The zero-order chi connectivity index (χ0) is 33.9. The van der Waals surface area contributed by atoms with Crippen molar-refractivity contribution in [3.05, 3.63) is 148 Å². The standard InChI is InChI=1S/C40H40ClN5O3/c41-38-27-37(24-21-30(38)28-42)48-36-25-22-35(23-26-36)46-29-34(43-45-46)19-11-4-12-20-39(47)44-49-40(31-13-5-1-6-14-31,32-15-7-2-8-16-32)33-17-9-3-10-18-33/h1-3,5-10,13-18,21,24,27,29,35-36H,4,11-12,19-20,22-23,25-26H2,(H,44,47). The molecule has 4 aromatic carbocycles. The van der Waals surface area contributed by atoms with E-state index in [0.29, 0.717) is 28.8 Å². The quantitative estimate of drug-likeness (QED) is 0.0720. The number of aryl methyl sites for hydroxylation is 1. The average Bonchev–Trinajstić information content (AvgIpc) is 3.62. The number of hydrogen-bond acceptors (Lipinski definition) is 6. The van der Waals surface area contributed by atoms with E-state index in [2.05, 4.69) is 28.1 Å². The third-order valence-corrected chi connectivity index (χ3v) is 9.45. The molecule has 0 atom stereocenters. The minimum absolute atomic E-state index is 0.109. The number of nitriles is 1. The van der Waals surface area contributed by atoms with Crippen LogP contribution >= 0.6 is 11.6 Å². The first-order valence-corrected chi connectivity index (χ1v) is 17.3. The zero-order valence-corrected chi connectivity index (χ0v) is 28.1. The Hall–Kier alpha value is -4.97. The molecule has 0 radical (unpaired) electrons. The van der Waals surface area contributed by atoms with Crippen LogP contribution in [0.1, 0.15) is 85.4 Å². The summed E-state index contributed by atoms with van der Waals surface area (Å²) in [5.41, 5.74) is 5.99. The van der Waals surface area contributed by atoms with Gasteiger partial charge < -0.3 is 4.74 Å². The maximum Gasteiger partial charge on any atom is 0.243 e. The lowest BCUT2D eigenvalue weighted by molar-refractivity contribution is -0.143. The molecule has 9 heteroatoms. The second-order valence-corrected chi connectivity index (χ2v) is 12.9. The largest absolute Gasteiger partial charge is 0.490 e. The highest BCUT2D eigenvalue weighted by molar-refractivity contribution is 6.31. The van der Waals surface area contributed by atoms with Crippen LogP contribution in [0, 0.1) is 11.3 Å². The number of nitrogens with one attached hydrogen (secondary N) is 1. The molecule has 1 saturated carbocycles. The normalized spacial score (nSPS) is 16.1. The highest BCUT2D eigenvalue weighted by atomic mass is 35.5. The van der Waals surface area contributed by atoms with Crippen LogP contribution in [0.3, 0.4) is 0 Å². The maximum atomic E-state index is 13.1. The predicted molar refractivity (Wildman–Crippen MR) is 189 cm³/mol. The van der Waals surface area contributed by atoms with Gasteiger partial charge in [0.1, 0.15) is 11.8 Å². The number of aromatic nitrogens is 3. The van der Waals surface area contributed by atoms with Crippen molar-refractivity contribution in [1.29, 1.82) is 5.26 Å². The van der Waals surface area contributed by atoms with Gasteiger partial charge in [0.25, 0.3) is 0 Å². The van der Waals surface area contributed by atoms with E-state index in [1.165, 1.54) is 0 Å². The fourth-order valence-electron chi connectivity index (χ4n) is 6.53. The number of benzene rings is 4. The highest BCUT2D eigenvalue weighted by Crippen LogP contribution is 2.39. The summed E-state index contributed by atoms with van der Waals surface area (Å²) in [4.78, 5) is 19.5. The molecule has 1 aliphatic carbocycles. The van der Waals surface area contributed by atoms with Gasteiger partial charge in [0.2, 0.25) is 5.91 Å². The first-order valence-electron chi connectivity index (χ1n) is 17.0. The Bertz CT molecular complexity index is 1740. The number of hydrogen-bond donors (Lipinski definition) is 1. The van der Waals surface area contributed by atoms with Gasteiger partial charge in [-0.3, -0.25) is 9.63 Å². The molecule has 1 N–H and O–H groups in total. The molecule has 1 aromatic heterocycles. The summed E-state index contributed by atoms with van der Waals surface area (Å²) in [6.45, 7) is 0. The van der Waals surface area contributed by atoms with E-state index in [1.54, 1.807) is 18.2 Å². The van der Waals surface area contributed by atoms with Crippen LogP contribution in [0.4, 0.5) is 0 Å².